The van der Waals surface area contributed by atoms with Crippen molar-refractivity contribution in [2.45, 2.75) is 0 Å². The van der Waals surface area contributed by atoms with E-state index in [-0.39, 0.29) is 0 Å². The minimum atomic E-state index is -1.45. The Balaban J connectivity index is 3.51. The van der Waals surface area contributed by atoms with Crippen LogP contribution in [0.3, 0.4) is 0 Å². The molecule has 0 heterocycles. The number of carboxylic acid groups (broad SMARTS) is 1. The lowest BCUT2D eigenvalue weighted by Crippen LogP contribution is -2.40. The molecule has 2 amide bonds. The van der Waals surface area contributed by atoms with Gasteiger partial charge in [-0.2, -0.15) is 0 Å². The van der Waals surface area contributed by atoms with E-state index in [2.05, 4.69) is 0 Å². The molecule has 0 radical (unpaired) electrons. The minimum absolute atomic E-state index is 0.396. The van der Waals surface area contributed by atoms with Crippen LogP contribution in [0.4, 0.5) is 11.4 Å². The third-order valence-corrected chi connectivity index (χ3v) is 2.45. The zero-order valence-corrected chi connectivity index (χ0v) is 10.7. The third kappa shape index (κ3) is 3.89. The van der Waals surface area contributed by atoms with E-state index in [0.29, 0.717) is 0 Å². The molecule has 0 aromatic heterocycles. The number of nitrogens with two attached hydrogens (primary N) is 2. The van der Waals surface area contributed by atoms with Gasteiger partial charge in [0.05, 0.1) is 23.6 Å². The van der Waals surface area contributed by atoms with Gasteiger partial charge < -0.3 is 21.5 Å². The van der Waals surface area contributed by atoms with Crippen molar-refractivity contribution in [3.8, 4) is 0 Å². The average Bonchev–Trinajstić information content (AvgIpc) is 2.35. The van der Waals surface area contributed by atoms with E-state index in [4.69, 9.17) is 16.6 Å². The average molecular weight is 296 g/mol. The molecule has 1 aromatic carbocycles. The molecule has 10 heteroatoms. The molecule has 0 fully saturated rings. The fourth-order valence-electron chi connectivity index (χ4n) is 1.77. The number of carboxylic acids is 1. The Morgan fingerprint density at radius 2 is 1.71 bits per heavy atom. The lowest BCUT2D eigenvalue weighted by atomic mass is 10.1. The Labute approximate surface area is 118 Å². The number of carbonyl (C=O) groups is 3. The number of hydrogen-bond acceptors (Lipinski definition) is 6. The maximum absolute atomic E-state index is 11.2. The number of nitro groups is 1. The first-order valence-electron chi connectivity index (χ1n) is 5.56. The zero-order valence-electron chi connectivity index (χ0n) is 10.7. The number of primary amides is 2. The summed E-state index contributed by atoms with van der Waals surface area (Å²) in [5.74, 6) is -3.25. The first-order chi connectivity index (χ1) is 9.73. The maximum Gasteiger partial charge on any atom is 0.338 e. The van der Waals surface area contributed by atoms with Crippen LogP contribution in [-0.4, -0.2) is 40.9 Å². The molecule has 0 aliphatic carbocycles. The Bertz CT molecular complexity index is 566. The van der Waals surface area contributed by atoms with Crippen LogP contribution in [0.25, 0.3) is 0 Å². The number of rotatable bonds is 7. The number of amides is 2. The van der Waals surface area contributed by atoms with Gasteiger partial charge in [0.1, 0.15) is 5.69 Å². The van der Waals surface area contributed by atoms with E-state index >= 15 is 0 Å². The predicted molar refractivity (Wildman–Crippen MR) is 70.7 cm³/mol. The molecule has 0 aliphatic rings. The van der Waals surface area contributed by atoms with Crippen molar-refractivity contribution < 1.29 is 24.4 Å². The summed E-state index contributed by atoms with van der Waals surface area (Å²) in [5.41, 5.74) is 8.61. The third-order valence-electron chi connectivity index (χ3n) is 2.45. The molecule has 0 spiro atoms. The SMILES string of the molecule is NC(=O)CN(CC(N)=O)c1c(C(=O)O)cccc1[N+](=O)[O-]. The molecular weight excluding hydrogens is 284 g/mol. The molecule has 0 saturated heterocycles. The van der Waals surface area contributed by atoms with Crippen LogP contribution in [0.15, 0.2) is 18.2 Å². The standard InChI is InChI=1S/C11H12N4O6/c12-8(16)4-14(5-9(13)17)10-6(11(18)19)2-1-3-7(10)15(20)21/h1-3H,4-5H2,(H2,12,16)(H2,13,17)(H,18,19). The fraction of sp³-hybridized carbons (Fsp3) is 0.182. The van der Waals surface area contributed by atoms with E-state index in [1.54, 1.807) is 0 Å². The van der Waals surface area contributed by atoms with Crippen LogP contribution >= 0.6 is 0 Å². The van der Waals surface area contributed by atoms with Gasteiger partial charge in [0.15, 0.2) is 0 Å². The van der Waals surface area contributed by atoms with Crippen molar-refractivity contribution >= 4 is 29.2 Å². The van der Waals surface area contributed by atoms with Gasteiger partial charge in [-0.3, -0.25) is 19.7 Å². The Kier molecular flexibility index (Phi) is 4.78. The number of hydrogen-bond donors (Lipinski definition) is 3. The zero-order chi connectivity index (χ0) is 16.2. The van der Waals surface area contributed by atoms with Gasteiger partial charge >= 0.3 is 5.97 Å². The van der Waals surface area contributed by atoms with Gasteiger partial charge in [0.25, 0.3) is 5.69 Å². The normalized spacial score (nSPS) is 9.90. The molecule has 21 heavy (non-hydrogen) atoms. The monoisotopic (exact) mass is 296 g/mol. The predicted octanol–water partition coefficient (Wildman–Crippen LogP) is -0.930. The van der Waals surface area contributed by atoms with Crippen molar-refractivity contribution in [3.05, 3.63) is 33.9 Å². The molecule has 1 aromatic rings. The summed E-state index contributed by atoms with van der Waals surface area (Å²) in [4.78, 5) is 44.3. The van der Waals surface area contributed by atoms with Crippen LogP contribution in [0.2, 0.25) is 0 Å². The van der Waals surface area contributed by atoms with Crippen molar-refractivity contribution in [1.29, 1.82) is 0 Å². The molecule has 0 unspecified atom stereocenters. The van der Waals surface area contributed by atoms with Gasteiger partial charge in [0, 0.05) is 6.07 Å². The second-order valence-corrected chi connectivity index (χ2v) is 4.02. The van der Waals surface area contributed by atoms with Crippen LogP contribution in [0.5, 0.6) is 0 Å². The number of para-hydroxylation sites is 1. The highest BCUT2D eigenvalue weighted by Gasteiger charge is 2.27. The summed E-state index contributed by atoms with van der Waals surface area (Å²) >= 11 is 0. The lowest BCUT2D eigenvalue weighted by Gasteiger charge is -2.22. The Hall–Kier alpha value is -3.17. The highest BCUT2D eigenvalue weighted by molar-refractivity contribution is 5.99. The second kappa shape index (κ2) is 6.32. The summed E-state index contributed by atoms with van der Waals surface area (Å²) in [6.45, 7) is -1.18. The first-order valence-corrected chi connectivity index (χ1v) is 5.56. The van der Waals surface area contributed by atoms with E-state index in [1.165, 1.54) is 6.07 Å². The molecule has 0 saturated carbocycles. The Morgan fingerprint density at radius 1 is 1.19 bits per heavy atom. The van der Waals surface area contributed by atoms with E-state index < -0.39 is 52.7 Å². The topological polar surface area (TPSA) is 170 Å². The molecule has 112 valence electrons. The van der Waals surface area contributed by atoms with Gasteiger partial charge in [-0.15, -0.1) is 0 Å². The molecule has 1 rings (SSSR count). The first kappa shape index (κ1) is 15.9. The molecule has 0 bridgehead atoms. The van der Waals surface area contributed by atoms with Gasteiger partial charge in [-0.1, -0.05) is 6.07 Å². The second-order valence-electron chi connectivity index (χ2n) is 4.02. The molecule has 0 atom stereocenters. The van der Waals surface area contributed by atoms with Crippen molar-refractivity contribution in [1.82, 2.24) is 0 Å². The lowest BCUT2D eigenvalue weighted by molar-refractivity contribution is -0.384. The van der Waals surface area contributed by atoms with E-state index in [9.17, 15) is 24.5 Å². The maximum atomic E-state index is 11.2. The summed E-state index contributed by atoms with van der Waals surface area (Å²) < 4.78 is 0. The summed E-state index contributed by atoms with van der Waals surface area (Å²) in [6.07, 6.45) is 0. The number of nitro benzene ring substituents is 1. The summed E-state index contributed by atoms with van der Waals surface area (Å²) in [5, 5.41) is 20.1. The number of carbonyl (C=O) groups excluding carboxylic acids is 2. The quantitative estimate of drug-likeness (QED) is 0.431. The summed E-state index contributed by atoms with van der Waals surface area (Å²) in [7, 11) is 0. The number of anilines is 1. The van der Waals surface area contributed by atoms with Crippen molar-refractivity contribution in [2.75, 3.05) is 18.0 Å². The van der Waals surface area contributed by atoms with Crippen molar-refractivity contribution in [3.63, 3.8) is 0 Å². The van der Waals surface area contributed by atoms with Gasteiger partial charge in [-0.25, -0.2) is 4.79 Å². The smallest absolute Gasteiger partial charge is 0.338 e. The highest BCUT2D eigenvalue weighted by Crippen LogP contribution is 2.31. The fourth-order valence-corrected chi connectivity index (χ4v) is 1.77. The number of nitrogens with zero attached hydrogens (tertiary/aromatic N) is 2. The van der Waals surface area contributed by atoms with Crippen LogP contribution < -0.4 is 16.4 Å². The minimum Gasteiger partial charge on any atom is -0.478 e. The van der Waals surface area contributed by atoms with Crippen LogP contribution in [0, 0.1) is 10.1 Å². The van der Waals surface area contributed by atoms with E-state index in [1.807, 2.05) is 0 Å². The largest absolute Gasteiger partial charge is 0.478 e. The van der Waals surface area contributed by atoms with Gasteiger partial charge in [-0.05, 0) is 6.07 Å². The number of benzene rings is 1. The Morgan fingerprint density at radius 3 is 2.10 bits per heavy atom. The molecule has 5 N–H and O–H groups in total. The summed E-state index contributed by atoms with van der Waals surface area (Å²) in [6, 6.07) is 3.34. The van der Waals surface area contributed by atoms with Crippen LogP contribution in [0.1, 0.15) is 10.4 Å². The molecule has 10 nitrogen and oxygen atoms in total. The highest BCUT2D eigenvalue weighted by atomic mass is 16.6. The number of aromatic carboxylic acids is 1. The van der Waals surface area contributed by atoms with Crippen molar-refractivity contribution in [2.24, 2.45) is 11.5 Å². The van der Waals surface area contributed by atoms with Crippen LogP contribution in [-0.2, 0) is 9.59 Å². The molecule has 0 aliphatic heterocycles. The van der Waals surface area contributed by atoms with E-state index in [0.717, 1.165) is 17.0 Å². The molecular formula is C11H12N4O6. The van der Waals surface area contributed by atoms with Gasteiger partial charge in [0.2, 0.25) is 11.8 Å².